The standard InChI is InChI=1S/C16H17NO4/c1-21-14-4-2-3-11(15(14)18)9-13(16(19)20)10-5-7-12(17)8-6-10/h2-8,13,18H,9,17H2,1H3,(H,19,20). The van der Waals surface area contributed by atoms with Crippen molar-refractivity contribution in [2.75, 3.05) is 12.8 Å². The van der Waals surface area contributed by atoms with E-state index >= 15 is 0 Å². The highest BCUT2D eigenvalue weighted by Gasteiger charge is 2.22. The summed E-state index contributed by atoms with van der Waals surface area (Å²) in [6.45, 7) is 0. The van der Waals surface area contributed by atoms with Gasteiger partial charge in [-0.25, -0.2) is 0 Å². The molecule has 2 aromatic carbocycles. The van der Waals surface area contributed by atoms with Gasteiger partial charge in [0, 0.05) is 5.69 Å². The van der Waals surface area contributed by atoms with Gasteiger partial charge in [0.05, 0.1) is 13.0 Å². The summed E-state index contributed by atoms with van der Waals surface area (Å²) < 4.78 is 5.04. The molecule has 5 heteroatoms. The van der Waals surface area contributed by atoms with E-state index in [1.807, 2.05) is 0 Å². The van der Waals surface area contributed by atoms with Crippen LogP contribution in [0.5, 0.6) is 11.5 Å². The minimum absolute atomic E-state index is 0.0262. The van der Waals surface area contributed by atoms with Gasteiger partial charge in [-0.05, 0) is 35.7 Å². The maximum atomic E-state index is 11.5. The molecule has 0 bridgehead atoms. The molecule has 0 aliphatic carbocycles. The third kappa shape index (κ3) is 3.25. The van der Waals surface area contributed by atoms with Gasteiger partial charge in [0.25, 0.3) is 0 Å². The fraction of sp³-hybridized carbons (Fsp3) is 0.188. The Bertz CT molecular complexity index is 637. The lowest BCUT2D eigenvalue weighted by molar-refractivity contribution is -0.138. The highest BCUT2D eigenvalue weighted by atomic mass is 16.5. The lowest BCUT2D eigenvalue weighted by Gasteiger charge is -2.15. The van der Waals surface area contributed by atoms with Crippen LogP contribution in [0.3, 0.4) is 0 Å². The third-order valence-electron chi connectivity index (χ3n) is 3.36. The second-order valence-corrected chi connectivity index (χ2v) is 4.73. The highest BCUT2D eigenvalue weighted by molar-refractivity contribution is 5.77. The second kappa shape index (κ2) is 6.17. The number of methoxy groups -OCH3 is 1. The number of anilines is 1. The van der Waals surface area contributed by atoms with Gasteiger partial charge in [-0.2, -0.15) is 0 Å². The number of hydrogen-bond acceptors (Lipinski definition) is 4. The number of rotatable bonds is 5. The minimum atomic E-state index is -0.956. The predicted octanol–water partition coefficient (Wildman–Crippen LogP) is 2.39. The number of nitrogens with two attached hydrogens (primary N) is 1. The number of ether oxygens (including phenoxy) is 1. The van der Waals surface area contributed by atoms with Crippen molar-refractivity contribution in [1.82, 2.24) is 0 Å². The first kappa shape index (κ1) is 14.7. The van der Waals surface area contributed by atoms with Crippen molar-refractivity contribution < 1.29 is 19.7 Å². The number of para-hydroxylation sites is 1. The van der Waals surface area contributed by atoms with Crippen LogP contribution in [0.4, 0.5) is 5.69 Å². The molecule has 5 nitrogen and oxygen atoms in total. The van der Waals surface area contributed by atoms with E-state index in [1.54, 1.807) is 42.5 Å². The molecule has 0 aromatic heterocycles. The zero-order valence-electron chi connectivity index (χ0n) is 11.6. The van der Waals surface area contributed by atoms with Gasteiger partial charge in [-0.15, -0.1) is 0 Å². The molecule has 110 valence electrons. The predicted molar refractivity (Wildman–Crippen MR) is 79.6 cm³/mol. The largest absolute Gasteiger partial charge is 0.504 e. The number of carboxylic acids is 1. The number of carboxylic acid groups (broad SMARTS) is 1. The number of phenolic OH excluding ortho intramolecular Hbond substituents is 1. The van der Waals surface area contributed by atoms with Crippen molar-refractivity contribution in [2.45, 2.75) is 12.3 Å². The van der Waals surface area contributed by atoms with Gasteiger partial charge in [-0.3, -0.25) is 4.79 Å². The first-order valence-electron chi connectivity index (χ1n) is 6.46. The molecule has 2 rings (SSSR count). The molecule has 0 aliphatic rings. The van der Waals surface area contributed by atoms with Crippen molar-refractivity contribution in [3.05, 3.63) is 53.6 Å². The van der Waals surface area contributed by atoms with Crippen LogP contribution in [-0.4, -0.2) is 23.3 Å². The zero-order valence-corrected chi connectivity index (χ0v) is 11.6. The molecular formula is C16H17NO4. The zero-order chi connectivity index (χ0) is 15.4. The molecule has 0 heterocycles. The molecule has 1 unspecified atom stereocenters. The van der Waals surface area contributed by atoms with Crippen molar-refractivity contribution in [1.29, 1.82) is 0 Å². The van der Waals surface area contributed by atoms with Crippen LogP contribution in [-0.2, 0) is 11.2 Å². The molecule has 0 amide bonds. The Labute approximate surface area is 122 Å². The highest BCUT2D eigenvalue weighted by Crippen LogP contribution is 2.33. The van der Waals surface area contributed by atoms with Crippen LogP contribution in [0.25, 0.3) is 0 Å². The molecular weight excluding hydrogens is 270 g/mol. The molecule has 0 saturated carbocycles. The van der Waals surface area contributed by atoms with Crippen molar-refractivity contribution in [3.8, 4) is 11.5 Å². The first-order chi connectivity index (χ1) is 10.0. The normalized spacial score (nSPS) is 11.9. The molecule has 0 spiro atoms. The summed E-state index contributed by atoms with van der Waals surface area (Å²) in [5.74, 6) is -1.42. The summed E-state index contributed by atoms with van der Waals surface area (Å²) in [6, 6.07) is 11.7. The molecule has 4 N–H and O–H groups in total. The number of aromatic hydroxyl groups is 1. The molecule has 1 atom stereocenters. The molecule has 0 radical (unpaired) electrons. The maximum Gasteiger partial charge on any atom is 0.311 e. The summed E-state index contributed by atoms with van der Waals surface area (Å²) in [5.41, 5.74) is 7.35. The van der Waals surface area contributed by atoms with E-state index < -0.39 is 11.9 Å². The Hall–Kier alpha value is -2.69. The number of aliphatic carboxylic acids is 1. The molecule has 21 heavy (non-hydrogen) atoms. The Morgan fingerprint density at radius 2 is 1.90 bits per heavy atom. The monoisotopic (exact) mass is 287 g/mol. The number of hydrogen-bond donors (Lipinski definition) is 3. The fourth-order valence-corrected chi connectivity index (χ4v) is 2.19. The van der Waals surface area contributed by atoms with Gasteiger partial charge in [0.15, 0.2) is 11.5 Å². The van der Waals surface area contributed by atoms with Crippen molar-refractivity contribution in [3.63, 3.8) is 0 Å². The lowest BCUT2D eigenvalue weighted by Crippen LogP contribution is -2.14. The van der Waals surface area contributed by atoms with Gasteiger partial charge in [0.2, 0.25) is 0 Å². The number of phenols is 1. The fourth-order valence-electron chi connectivity index (χ4n) is 2.19. The van der Waals surface area contributed by atoms with Crippen LogP contribution in [0, 0.1) is 0 Å². The van der Waals surface area contributed by atoms with Crippen molar-refractivity contribution in [2.24, 2.45) is 0 Å². The smallest absolute Gasteiger partial charge is 0.311 e. The quantitative estimate of drug-likeness (QED) is 0.734. The van der Waals surface area contributed by atoms with Gasteiger partial charge in [-0.1, -0.05) is 24.3 Å². The van der Waals surface area contributed by atoms with Gasteiger partial charge < -0.3 is 20.7 Å². The van der Waals surface area contributed by atoms with Crippen molar-refractivity contribution >= 4 is 11.7 Å². The van der Waals surface area contributed by atoms with Crippen LogP contribution in [0.2, 0.25) is 0 Å². The van der Waals surface area contributed by atoms with Gasteiger partial charge >= 0.3 is 5.97 Å². The van der Waals surface area contributed by atoms with E-state index in [4.69, 9.17) is 10.5 Å². The average Bonchev–Trinajstić information content (AvgIpc) is 2.47. The maximum absolute atomic E-state index is 11.5. The average molecular weight is 287 g/mol. The first-order valence-corrected chi connectivity index (χ1v) is 6.46. The lowest BCUT2D eigenvalue weighted by atomic mass is 9.91. The second-order valence-electron chi connectivity index (χ2n) is 4.73. The number of carbonyl (C=O) groups is 1. The summed E-state index contributed by atoms with van der Waals surface area (Å²) in [7, 11) is 1.45. The minimum Gasteiger partial charge on any atom is -0.504 e. The van der Waals surface area contributed by atoms with Crippen LogP contribution in [0.1, 0.15) is 17.0 Å². The summed E-state index contributed by atoms with van der Waals surface area (Å²) in [4.78, 5) is 11.5. The van der Waals surface area contributed by atoms with E-state index in [0.717, 1.165) is 0 Å². The number of benzene rings is 2. The molecule has 0 saturated heterocycles. The summed E-state index contributed by atoms with van der Waals surface area (Å²) in [5, 5.41) is 19.5. The van der Waals surface area contributed by atoms with E-state index in [1.165, 1.54) is 7.11 Å². The van der Waals surface area contributed by atoms with E-state index in [0.29, 0.717) is 22.6 Å². The number of nitrogen functional groups attached to an aromatic ring is 1. The Kier molecular flexibility index (Phi) is 4.33. The van der Waals surface area contributed by atoms with Crippen LogP contribution in [0.15, 0.2) is 42.5 Å². The van der Waals surface area contributed by atoms with Gasteiger partial charge in [0.1, 0.15) is 0 Å². The van der Waals surface area contributed by atoms with E-state index in [-0.39, 0.29) is 12.2 Å². The Morgan fingerprint density at radius 3 is 2.48 bits per heavy atom. The topological polar surface area (TPSA) is 92.8 Å². The summed E-state index contributed by atoms with van der Waals surface area (Å²) in [6.07, 6.45) is 0.169. The van der Waals surface area contributed by atoms with E-state index in [2.05, 4.69) is 0 Å². The van der Waals surface area contributed by atoms with E-state index in [9.17, 15) is 15.0 Å². The Balaban J connectivity index is 2.33. The van der Waals surface area contributed by atoms with Crippen LogP contribution >= 0.6 is 0 Å². The summed E-state index contributed by atoms with van der Waals surface area (Å²) >= 11 is 0. The SMILES string of the molecule is COc1cccc(CC(C(=O)O)c2ccc(N)cc2)c1O. The molecule has 0 fully saturated rings. The Morgan fingerprint density at radius 1 is 1.24 bits per heavy atom. The third-order valence-corrected chi connectivity index (χ3v) is 3.36. The van der Waals surface area contributed by atoms with Crippen LogP contribution < -0.4 is 10.5 Å². The molecule has 0 aliphatic heterocycles. The molecule has 2 aromatic rings.